The number of hydrogen-bond donors (Lipinski definition) is 0. The second-order valence-corrected chi connectivity index (χ2v) is 5.05. The summed E-state index contributed by atoms with van der Waals surface area (Å²) < 4.78 is 32.2. The van der Waals surface area contributed by atoms with Gasteiger partial charge in [0.05, 0.1) is 66.1 Å². The molecule has 1 rings (SSSR count). The third-order valence-corrected chi connectivity index (χ3v) is 3.03. The Hall–Kier alpha value is -1.94. The maximum atomic E-state index is 8.08. The number of rotatable bonds is 19. The van der Waals surface area contributed by atoms with Crippen LogP contribution in [0, 0.1) is 0 Å². The first-order valence-electron chi connectivity index (χ1n) is 8.86. The van der Waals surface area contributed by atoms with Gasteiger partial charge in [0, 0.05) is 23.9 Å². The Labute approximate surface area is 159 Å². The highest BCUT2D eigenvalue weighted by Crippen LogP contribution is 2.05. The van der Waals surface area contributed by atoms with Gasteiger partial charge in [-0.25, -0.2) is 0 Å². The van der Waals surface area contributed by atoms with Crippen molar-refractivity contribution in [2.75, 3.05) is 79.2 Å². The third kappa shape index (κ3) is 16.0. The van der Waals surface area contributed by atoms with E-state index >= 15 is 0 Å². The van der Waals surface area contributed by atoms with Crippen LogP contribution in [-0.4, -0.2) is 84.2 Å². The predicted octanol–water partition coefficient (Wildman–Crippen LogP) is 1.85. The molecule has 10 nitrogen and oxygen atoms in total. The average Bonchev–Trinajstić information content (AvgIpc) is 2.70. The molecular weight excluding hydrogens is 356 g/mol. The molecule has 0 fully saturated rings. The summed E-state index contributed by atoms with van der Waals surface area (Å²) in [7, 11) is 0. The highest BCUT2D eigenvalue weighted by molar-refractivity contribution is 5.16. The fraction of sp³-hybridized carbons (Fsp3) is 0.706. The summed E-state index contributed by atoms with van der Waals surface area (Å²) in [6, 6.07) is 3.60. The van der Waals surface area contributed by atoms with Crippen LogP contribution in [-0.2, 0) is 23.7 Å². The van der Waals surface area contributed by atoms with Crippen LogP contribution in [0.3, 0.4) is 0 Å². The molecule has 0 radical (unpaired) electrons. The van der Waals surface area contributed by atoms with Crippen LogP contribution in [0.25, 0.3) is 10.4 Å². The van der Waals surface area contributed by atoms with Gasteiger partial charge >= 0.3 is 0 Å². The lowest BCUT2D eigenvalue weighted by Gasteiger charge is -2.08. The molecule has 0 saturated carbocycles. The van der Waals surface area contributed by atoms with E-state index in [2.05, 4.69) is 15.0 Å². The lowest BCUT2D eigenvalue weighted by Crippen LogP contribution is -2.14. The van der Waals surface area contributed by atoms with Gasteiger partial charge in [0.2, 0.25) is 0 Å². The molecule has 0 aliphatic carbocycles. The van der Waals surface area contributed by atoms with Crippen LogP contribution in [0.2, 0.25) is 0 Å². The molecule has 1 aromatic rings. The minimum atomic E-state index is 0.337. The van der Waals surface area contributed by atoms with E-state index in [1.54, 1.807) is 24.5 Å². The van der Waals surface area contributed by atoms with Gasteiger partial charge in [0.15, 0.2) is 0 Å². The topological polar surface area (TPSA) is 117 Å². The Morgan fingerprint density at radius 3 is 1.63 bits per heavy atom. The van der Waals surface area contributed by atoms with Gasteiger partial charge in [-0.2, -0.15) is 0 Å². The Bertz CT molecular complexity index is 488. The molecule has 0 amide bonds. The van der Waals surface area contributed by atoms with Crippen LogP contribution in [0.4, 0.5) is 0 Å². The summed E-state index contributed by atoms with van der Waals surface area (Å²) in [5.41, 5.74) is 8.08. The Balaban J connectivity index is 1.69. The fourth-order valence-electron chi connectivity index (χ4n) is 1.78. The molecule has 10 heteroatoms. The Morgan fingerprint density at radius 1 is 0.704 bits per heavy atom. The number of pyridine rings is 1. The second-order valence-electron chi connectivity index (χ2n) is 5.05. The van der Waals surface area contributed by atoms with Gasteiger partial charge in [-0.15, -0.1) is 0 Å². The first-order chi connectivity index (χ1) is 13.4. The zero-order valence-electron chi connectivity index (χ0n) is 15.5. The van der Waals surface area contributed by atoms with Crippen molar-refractivity contribution in [1.29, 1.82) is 0 Å². The standard InChI is InChI=1S/C17H28N4O6/c18-21-20-5-6-22-7-8-23-9-10-24-11-12-25-13-14-26-15-16-27-17-1-3-19-4-2-17/h1-4H,5-16H2. The predicted molar refractivity (Wildman–Crippen MR) is 97.8 cm³/mol. The van der Waals surface area contributed by atoms with Gasteiger partial charge in [0.25, 0.3) is 0 Å². The molecular formula is C17H28N4O6. The lowest BCUT2D eigenvalue weighted by atomic mass is 10.4. The van der Waals surface area contributed by atoms with Crippen molar-refractivity contribution in [3.63, 3.8) is 0 Å². The van der Waals surface area contributed by atoms with Crippen molar-refractivity contribution in [2.24, 2.45) is 5.11 Å². The van der Waals surface area contributed by atoms with Crippen LogP contribution in [0.1, 0.15) is 0 Å². The molecule has 1 heterocycles. The molecule has 0 bridgehead atoms. The molecule has 0 spiro atoms. The summed E-state index contributed by atoms with van der Waals surface area (Å²) in [5.74, 6) is 0.781. The Kier molecular flexibility index (Phi) is 16.1. The van der Waals surface area contributed by atoms with Gasteiger partial charge in [0.1, 0.15) is 12.4 Å². The van der Waals surface area contributed by atoms with Crippen molar-refractivity contribution >= 4 is 0 Å². The monoisotopic (exact) mass is 384 g/mol. The van der Waals surface area contributed by atoms with Gasteiger partial charge < -0.3 is 28.4 Å². The smallest absolute Gasteiger partial charge is 0.122 e. The highest BCUT2D eigenvalue weighted by Gasteiger charge is 1.95. The number of azide groups is 1. The van der Waals surface area contributed by atoms with E-state index < -0.39 is 0 Å². The molecule has 152 valence electrons. The number of ether oxygens (including phenoxy) is 6. The minimum Gasteiger partial charge on any atom is -0.491 e. The summed E-state index contributed by atoms with van der Waals surface area (Å²) in [6.45, 7) is 5.76. The molecule has 0 unspecified atom stereocenters. The summed E-state index contributed by atoms with van der Waals surface area (Å²) in [4.78, 5) is 6.55. The van der Waals surface area contributed by atoms with E-state index in [0.717, 1.165) is 5.75 Å². The molecule has 27 heavy (non-hydrogen) atoms. The number of aromatic nitrogens is 1. The van der Waals surface area contributed by atoms with Gasteiger partial charge in [-0.05, 0) is 17.7 Å². The molecule has 1 aromatic heterocycles. The molecule has 0 aliphatic rings. The van der Waals surface area contributed by atoms with Crippen molar-refractivity contribution in [1.82, 2.24) is 4.98 Å². The molecule has 0 N–H and O–H groups in total. The van der Waals surface area contributed by atoms with Crippen molar-refractivity contribution < 1.29 is 28.4 Å². The van der Waals surface area contributed by atoms with Crippen LogP contribution in [0.15, 0.2) is 29.6 Å². The van der Waals surface area contributed by atoms with Crippen molar-refractivity contribution in [3.05, 3.63) is 35.0 Å². The SMILES string of the molecule is [N-]=[N+]=NCCOCCOCCOCCOCCOCCOc1ccncc1. The first kappa shape index (κ1) is 23.1. The average molecular weight is 384 g/mol. The van der Waals surface area contributed by atoms with E-state index in [1.807, 2.05) is 0 Å². The van der Waals surface area contributed by atoms with E-state index in [9.17, 15) is 0 Å². The first-order valence-corrected chi connectivity index (χ1v) is 8.86. The molecule has 0 saturated heterocycles. The van der Waals surface area contributed by atoms with Crippen LogP contribution >= 0.6 is 0 Å². The molecule has 0 aliphatic heterocycles. The Morgan fingerprint density at radius 2 is 1.15 bits per heavy atom. The summed E-state index contributed by atoms with van der Waals surface area (Å²) in [5, 5.41) is 3.36. The maximum absolute atomic E-state index is 8.08. The molecule has 0 aromatic carbocycles. The zero-order chi connectivity index (χ0) is 19.3. The van der Waals surface area contributed by atoms with E-state index in [0.29, 0.717) is 79.2 Å². The van der Waals surface area contributed by atoms with E-state index in [4.69, 9.17) is 34.0 Å². The van der Waals surface area contributed by atoms with E-state index in [1.165, 1.54) is 0 Å². The molecule has 0 atom stereocenters. The van der Waals surface area contributed by atoms with Crippen molar-refractivity contribution in [3.8, 4) is 5.75 Å². The van der Waals surface area contributed by atoms with Gasteiger partial charge in [-0.1, -0.05) is 5.11 Å². The quantitative estimate of drug-likeness (QED) is 0.155. The van der Waals surface area contributed by atoms with Gasteiger partial charge in [-0.3, -0.25) is 4.98 Å². The number of hydrogen-bond acceptors (Lipinski definition) is 8. The maximum Gasteiger partial charge on any atom is 0.122 e. The summed E-state index contributed by atoms with van der Waals surface area (Å²) in [6.07, 6.45) is 3.37. The van der Waals surface area contributed by atoms with Crippen molar-refractivity contribution in [2.45, 2.75) is 0 Å². The summed E-state index contributed by atoms with van der Waals surface area (Å²) >= 11 is 0. The second kappa shape index (κ2) is 18.8. The lowest BCUT2D eigenvalue weighted by molar-refractivity contribution is -0.0122. The fourth-order valence-corrected chi connectivity index (χ4v) is 1.78. The number of nitrogens with zero attached hydrogens (tertiary/aromatic N) is 4. The van der Waals surface area contributed by atoms with Crippen LogP contribution < -0.4 is 4.74 Å². The zero-order valence-corrected chi connectivity index (χ0v) is 15.5. The third-order valence-electron chi connectivity index (χ3n) is 3.03. The minimum absolute atomic E-state index is 0.337. The highest BCUT2D eigenvalue weighted by atomic mass is 16.6. The normalized spacial score (nSPS) is 10.5. The largest absolute Gasteiger partial charge is 0.491 e. The van der Waals surface area contributed by atoms with Crippen LogP contribution in [0.5, 0.6) is 5.75 Å². The van der Waals surface area contributed by atoms with E-state index in [-0.39, 0.29) is 0 Å².